The molecule has 1 fully saturated rings. The maximum absolute atomic E-state index is 13.5. The van der Waals surface area contributed by atoms with Crippen LogP contribution < -0.4 is 10.6 Å². The summed E-state index contributed by atoms with van der Waals surface area (Å²) < 4.78 is 13.5. The van der Waals surface area contributed by atoms with Gasteiger partial charge in [0.05, 0.1) is 5.69 Å². The van der Waals surface area contributed by atoms with Crippen molar-refractivity contribution in [2.45, 2.75) is 12.5 Å². The fourth-order valence-corrected chi connectivity index (χ4v) is 1.90. The number of hydrogen-bond acceptors (Lipinski definition) is 2. The molecule has 2 rings (SSSR count). The molecular formula is C10H12ClFN2. The molecule has 0 spiro atoms. The molecule has 14 heavy (non-hydrogen) atoms. The van der Waals surface area contributed by atoms with Gasteiger partial charge in [0.15, 0.2) is 0 Å². The summed E-state index contributed by atoms with van der Waals surface area (Å²) in [5.41, 5.74) is 6.35. The van der Waals surface area contributed by atoms with Crippen LogP contribution in [0.4, 0.5) is 10.1 Å². The number of halogens is 2. The minimum atomic E-state index is -0.272. The van der Waals surface area contributed by atoms with E-state index in [1.54, 1.807) is 12.1 Å². The van der Waals surface area contributed by atoms with Gasteiger partial charge in [-0.05, 0) is 24.6 Å². The molecule has 0 unspecified atom stereocenters. The van der Waals surface area contributed by atoms with Gasteiger partial charge in [0.1, 0.15) is 5.82 Å². The molecule has 76 valence electrons. The van der Waals surface area contributed by atoms with E-state index in [1.807, 2.05) is 4.90 Å². The Hall–Kier alpha value is -0.800. The van der Waals surface area contributed by atoms with Gasteiger partial charge < -0.3 is 10.6 Å². The SMILES string of the molecule is N[C@@H]1CCN(c2ccc(Cl)cc2F)C1. The van der Waals surface area contributed by atoms with E-state index in [-0.39, 0.29) is 11.9 Å². The van der Waals surface area contributed by atoms with E-state index < -0.39 is 0 Å². The van der Waals surface area contributed by atoms with Crippen molar-refractivity contribution < 1.29 is 4.39 Å². The Bertz CT molecular complexity index is 343. The molecule has 1 saturated heterocycles. The van der Waals surface area contributed by atoms with E-state index in [9.17, 15) is 4.39 Å². The average molecular weight is 215 g/mol. The molecule has 1 heterocycles. The second-order valence-corrected chi connectivity index (χ2v) is 4.03. The quantitative estimate of drug-likeness (QED) is 0.775. The van der Waals surface area contributed by atoms with Crippen LogP contribution in [-0.2, 0) is 0 Å². The maximum atomic E-state index is 13.5. The van der Waals surface area contributed by atoms with E-state index in [0.717, 1.165) is 19.5 Å². The normalized spacial score (nSPS) is 21.6. The highest BCUT2D eigenvalue weighted by molar-refractivity contribution is 6.30. The van der Waals surface area contributed by atoms with Crippen molar-refractivity contribution in [3.05, 3.63) is 29.0 Å². The first-order valence-corrected chi connectivity index (χ1v) is 5.00. The summed E-state index contributed by atoms with van der Waals surface area (Å²) in [6.45, 7) is 1.54. The van der Waals surface area contributed by atoms with Gasteiger partial charge in [0.2, 0.25) is 0 Å². The van der Waals surface area contributed by atoms with Crippen LogP contribution in [0.15, 0.2) is 18.2 Å². The lowest BCUT2D eigenvalue weighted by Gasteiger charge is -2.18. The van der Waals surface area contributed by atoms with Gasteiger partial charge in [-0.2, -0.15) is 0 Å². The van der Waals surface area contributed by atoms with Crippen LogP contribution in [0.25, 0.3) is 0 Å². The second-order valence-electron chi connectivity index (χ2n) is 3.59. The van der Waals surface area contributed by atoms with Gasteiger partial charge in [-0.3, -0.25) is 0 Å². The van der Waals surface area contributed by atoms with Crippen molar-refractivity contribution in [1.29, 1.82) is 0 Å². The van der Waals surface area contributed by atoms with Gasteiger partial charge >= 0.3 is 0 Å². The van der Waals surface area contributed by atoms with Crippen molar-refractivity contribution in [3.8, 4) is 0 Å². The summed E-state index contributed by atoms with van der Waals surface area (Å²) in [6.07, 6.45) is 0.919. The minimum absolute atomic E-state index is 0.157. The minimum Gasteiger partial charge on any atom is -0.368 e. The molecule has 1 aromatic rings. The summed E-state index contributed by atoms with van der Waals surface area (Å²) in [5, 5.41) is 0.426. The van der Waals surface area contributed by atoms with Gasteiger partial charge in [0.25, 0.3) is 0 Å². The lowest BCUT2D eigenvalue weighted by Crippen LogP contribution is -2.26. The molecule has 0 amide bonds. The van der Waals surface area contributed by atoms with Gasteiger partial charge in [0, 0.05) is 24.2 Å². The fourth-order valence-electron chi connectivity index (χ4n) is 1.74. The van der Waals surface area contributed by atoms with Crippen LogP contribution in [0, 0.1) is 5.82 Å². The maximum Gasteiger partial charge on any atom is 0.147 e. The zero-order valence-electron chi connectivity index (χ0n) is 7.71. The van der Waals surface area contributed by atoms with Crippen molar-refractivity contribution in [2.75, 3.05) is 18.0 Å². The predicted molar refractivity (Wildman–Crippen MR) is 56.2 cm³/mol. The van der Waals surface area contributed by atoms with E-state index in [4.69, 9.17) is 17.3 Å². The van der Waals surface area contributed by atoms with Crippen molar-refractivity contribution in [1.82, 2.24) is 0 Å². The monoisotopic (exact) mass is 214 g/mol. The third-order valence-electron chi connectivity index (χ3n) is 2.48. The molecule has 0 radical (unpaired) electrons. The van der Waals surface area contributed by atoms with Crippen molar-refractivity contribution >= 4 is 17.3 Å². The molecule has 1 aromatic carbocycles. The topological polar surface area (TPSA) is 29.3 Å². The summed E-state index contributed by atoms with van der Waals surface area (Å²) in [6, 6.07) is 4.89. The van der Waals surface area contributed by atoms with Crippen LogP contribution in [0.5, 0.6) is 0 Å². The summed E-state index contributed by atoms with van der Waals surface area (Å²) >= 11 is 5.67. The smallest absolute Gasteiger partial charge is 0.147 e. The van der Waals surface area contributed by atoms with Gasteiger partial charge in [-0.25, -0.2) is 4.39 Å². The fraction of sp³-hybridized carbons (Fsp3) is 0.400. The van der Waals surface area contributed by atoms with Crippen LogP contribution in [0.3, 0.4) is 0 Å². The highest BCUT2D eigenvalue weighted by Crippen LogP contribution is 2.25. The molecule has 1 atom stereocenters. The third-order valence-corrected chi connectivity index (χ3v) is 2.71. The van der Waals surface area contributed by atoms with Crippen LogP contribution in [0.1, 0.15) is 6.42 Å². The first-order chi connectivity index (χ1) is 6.66. The Balaban J connectivity index is 2.24. The van der Waals surface area contributed by atoms with E-state index in [1.165, 1.54) is 6.07 Å². The highest BCUT2D eigenvalue weighted by Gasteiger charge is 2.21. The standard InChI is InChI=1S/C10H12ClFN2/c11-7-1-2-10(9(12)5-7)14-4-3-8(13)6-14/h1-2,5,8H,3-4,6,13H2/t8-/m1/s1. The Kier molecular flexibility index (Phi) is 2.61. The molecule has 2 nitrogen and oxygen atoms in total. The largest absolute Gasteiger partial charge is 0.368 e. The number of anilines is 1. The molecule has 4 heteroatoms. The first-order valence-electron chi connectivity index (χ1n) is 4.62. The lowest BCUT2D eigenvalue weighted by atomic mass is 10.3. The van der Waals surface area contributed by atoms with E-state index in [2.05, 4.69) is 0 Å². The highest BCUT2D eigenvalue weighted by atomic mass is 35.5. The molecule has 0 bridgehead atoms. The Morgan fingerprint density at radius 1 is 1.50 bits per heavy atom. The van der Waals surface area contributed by atoms with Crippen molar-refractivity contribution in [2.24, 2.45) is 5.73 Å². The van der Waals surface area contributed by atoms with Crippen molar-refractivity contribution in [3.63, 3.8) is 0 Å². The average Bonchev–Trinajstić information content (AvgIpc) is 2.51. The third kappa shape index (κ3) is 1.83. The molecule has 1 aliphatic heterocycles. The van der Waals surface area contributed by atoms with E-state index >= 15 is 0 Å². The predicted octanol–water partition coefficient (Wildman–Crippen LogP) is 2.02. The zero-order valence-corrected chi connectivity index (χ0v) is 8.47. The Labute approximate surface area is 87.5 Å². The molecular weight excluding hydrogens is 203 g/mol. The molecule has 0 aromatic heterocycles. The molecule has 0 saturated carbocycles. The Morgan fingerprint density at radius 2 is 2.29 bits per heavy atom. The van der Waals surface area contributed by atoms with Crippen LogP contribution >= 0.6 is 11.6 Å². The van der Waals surface area contributed by atoms with Gasteiger partial charge in [-0.1, -0.05) is 11.6 Å². The van der Waals surface area contributed by atoms with Gasteiger partial charge in [-0.15, -0.1) is 0 Å². The van der Waals surface area contributed by atoms with Crippen LogP contribution in [0.2, 0.25) is 5.02 Å². The number of benzene rings is 1. The molecule has 0 aliphatic carbocycles. The van der Waals surface area contributed by atoms with Crippen LogP contribution in [-0.4, -0.2) is 19.1 Å². The first kappa shape index (κ1) is 9.74. The number of hydrogen-bond donors (Lipinski definition) is 1. The number of rotatable bonds is 1. The van der Waals surface area contributed by atoms with E-state index in [0.29, 0.717) is 10.7 Å². The Morgan fingerprint density at radius 3 is 2.86 bits per heavy atom. The summed E-state index contributed by atoms with van der Waals surface area (Å²) in [7, 11) is 0. The summed E-state index contributed by atoms with van der Waals surface area (Å²) in [5.74, 6) is -0.272. The number of nitrogens with two attached hydrogens (primary N) is 1. The molecule has 2 N–H and O–H groups in total. The number of nitrogens with zero attached hydrogens (tertiary/aromatic N) is 1. The zero-order chi connectivity index (χ0) is 10.1. The second kappa shape index (κ2) is 3.75. The lowest BCUT2D eigenvalue weighted by molar-refractivity contribution is 0.622. The summed E-state index contributed by atoms with van der Waals surface area (Å²) in [4.78, 5) is 1.95. The molecule has 1 aliphatic rings.